The zero-order valence-electron chi connectivity index (χ0n) is 14.8. The van der Waals surface area contributed by atoms with E-state index in [0.29, 0.717) is 22.6 Å². The predicted molar refractivity (Wildman–Crippen MR) is 85.8 cm³/mol. The van der Waals surface area contributed by atoms with Gasteiger partial charge in [0.25, 0.3) is 0 Å². The maximum Gasteiger partial charge on any atom is 0.337 e. The molecule has 0 amide bonds. The molecular formula is C18H16O9. The van der Waals surface area contributed by atoms with Gasteiger partial charge in [0.1, 0.15) is 11.7 Å². The van der Waals surface area contributed by atoms with Gasteiger partial charge in [-0.2, -0.15) is 0 Å². The molecule has 1 aromatic carbocycles. The lowest BCUT2D eigenvalue weighted by Gasteiger charge is -2.28. The standard InChI is InChI=1S/C18H16O9/c1-22-12(19)6-18-9-5-11-10(25-7-26-11)4-8(9)15(27-18)13(16(20)23-2)14(18)17(21)24-3/h4-5,15H,6-7H2,1-3H3/t15-,18+/m0/s1. The number of rotatable bonds is 4. The third-order valence-corrected chi connectivity index (χ3v) is 4.93. The summed E-state index contributed by atoms with van der Waals surface area (Å²) in [5.74, 6) is -1.20. The van der Waals surface area contributed by atoms with E-state index in [0.717, 1.165) is 0 Å². The molecule has 3 heterocycles. The van der Waals surface area contributed by atoms with Crippen LogP contribution >= 0.6 is 0 Å². The molecule has 3 aliphatic heterocycles. The Hall–Kier alpha value is -3.07. The molecule has 0 aliphatic carbocycles. The third-order valence-electron chi connectivity index (χ3n) is 4.93. The van der Waals surface area contributed by atoms with Crippen molar-refractivity contribution in [3.05, 3.63) is 34.4 Å². The molecular weight excluding hydrogens is 360 g/mol. The molecule has 9 nitrogen and oxygen atoms in total. The summed E-state index contributed by atoms with van der Waals surface area (Å²) >= 11 is 0. The van der Waals surface area contributed by atoms with Crippen molar-refractivity contribution < 1.29 is 42.8 Å². The van der Waals surface area contributed by atoms with Gasteiger partial charge in [-0.1, -0.05) is 0 Å². The largest absolute Gasteiger partial charge is 0.469 e. The van der Waals surface area contributed by atoms with Crippen LogP contribution in [0.5, 0.6) is 11.5 Å². The third kappa shape index (κ3) is 2.24. The van der Waals surface area contributed by atoms with Gasteiger partial charge in [-0.25, -0.2) is 9.59 Å². The minimum Gasteiger partial charge on any atom is -0.469 e. The Morgan fingerprint density at radius 1 is 1.04 bits per heavy atom. The quantitative estimate of drug-likeness (QED) is 0.559. The van der Waals surface area contributed by atoms with Crippen LogP contribution in [0.25, 0.3) is 0 Å². The number of benzene rings is 1. The molecule has 0 spiro atoms. The Morgan fingerprint density at radius 2 is 1.70 bits per heavy atom. The maximum absolute atomic E-state index is 12.6. The van der Waals surface area contributed by atoms with Crippen LogP contribution in [0, 0.1) is 0 Å². The molecule has 0 saturated carbocycles. The first-order valence-electron chi connectivity index (χ1n) is 8.06. The van der Waals surface area contributed by atoms with Crippen molar-refractivity contribution in [3.8, 4) is 11.5 Å². The zero-order valence-corrected chi connectivity index (χ0v) is 14.8. The first kappa shape index (κ1) is 17.3. The monoisotopic (exact) mass is 376 g/mol. The van der Waals surface area contributed by atoms with Gasteiger partial charge in [0, 0.05) is 0 Å². The molecule has 0 aromatic heterocycles. The molecule has 0 radical (unpaired) electrons. The highest BCUT2D eigenvalue weighted by molar-refractivity contribution is 6.05. The van der Waals surface area contributed by atoms with Crippen molar-refractivity contribution in [3.63, 3.8) is 0 Å². The fraction of sp³-hybridized carbons (Fsp3) is 0.389. The van der Waals surface area contributed by atoms with Crippen molar-refractivity contribution in [2.24, 2.45) is 0 Å². The number of hydrogen-bond acceptors (Lipinski definition) is 9. The van der Waals surface area contributed by atoms with Gasteiger partial charge in [-0.3, -0.25) is 4.79 Å². The number of esters is 3. The Balaban J connectivity index is 1.97. The molecule has 27 heavy (non-hydrogen) atoms. The summed E-state index contributed by atoms with van der Waals surface area (Å²) in [6.07, 6.45) is -1.22. The Kier molecular flexibility index (Phi) is 3.84. The van der Waals surface area contributed by atoms with Gasteiger partial charge in [0.05, 0.1) is 38.9 Å². The average molecular weight is 376 g/mol. The first-order chi connectivity index (χ1) is 13.0. The van der Waals surface area contributed by atoms with Gasteiger partial charge in [-0.15, -0.1) is 0 Å². The molecule has 2 bridgehead atoms. The molecule has 0 unspecified atom stereocenters. The molecule has 142 valence electrons. The Labute approximate surface area is 153 Å². The number of carbonyl (C=O) groups is 3. The highest BCUT2D eigenvalue weighted by Gasteiger charge is 2.62. The van der Waals surface area contributed by atoms with Crippen molar-refractivity contribution in [1.29, 1.82) is 0 Å². The first-order valence-corrected chi connectivity index (χ1v) is 8.06. The number of fused-ring (bicyclic) bond motifs is 6. The predicted octanol–water partition coefficient (Wildman–Crippen LogP) is 0.901. The van der Waals surface area contributed by atoms with Crippen molar-refractivity contribution in [1.82, 2.24) is 0 Å². The van der Waals surface area contributed by atoms with Gasteiger partial charge >= 0.3 is 17.9 Å². The lowest BCUT2D eigenvalue weighted by Crippen LogP contribution is -2.35. The summed E-state index contributed by atoms with van der Waals surface area (Å²) in [6.45, 7) is 0.0505. The molecule has 1 aromatic rings. The summed E-state index contributed by atoms with van der Waals surface area (Å²) in [6, 6.07) is 3.33. The number of carbonyl (C=O) groups excluding carboxylic acids is 3. The fourth-order valence-corrected chi connectivity index (χ4v) is 3.81. The Morgan fingerprint density at radius 3 is 2.33 bits per heavy atom. The van der Waals surface area contributed by atoms with Crippen molar-refractivity contribution in [2.45, 2.75) is 18.1 Å². The summed E-state index contributed by atoms with van der Waals surface area (Å²) in [5.41, 5.74) is -0.491. The number of methoxy groups -OCH3 is 3. The molecule has 9 heteroatoms. The van der Waals surface area contributed by atoms with Gasteiger partial charge in [0.15, 0.2) is 11.5 Å². The minimum absolute atomic E-state index is 0.000353. The SMILES string of the molecule is COC(=O)C[C@]12O[C@H](C(C(=O)OC)=C1C(=O)OC)c1cc3c(cc12)OCO3. The summed E-state index contributed by atoms with van der Waals surface area (Å²) < 4.78 is 31.4. The zero-order chi connectivity index (χ0) is 19.3. The number of ether oxygens (including phenoxy) is 6. The lowest BCUT2D eigenvalue weighted by molar-refractivity contribution is -0.148. The van der Waals surface area contributed by atoms with Crippen LogP contribution in [0.2, 0.25) is 0 Å². The van der Waals surface area contributed by atoms with Gasteiger partial charge in [0.2, 0.25) is 6.79 Å². The molecule has 0 saturated heterocycles. The second-order valence-electron chi connectivity index (χ2n) is 6.14. The molecule has 3 aliphatic rings. The molecule has 0 N–H and O–H groups in total. The lowest BCUT2D eigenvalue weighted by atomic mass is 9.75. The van der Waals surface area contributed by atoms with E-state index in [1.54, 1.807) is 12.1 Å². The minimum atomic E-state index is -1.54. The van der Waals surface area contributed by atoms with Crippen molar-refractivity contribution in [2.75, 3.05) is 28.1 Å². The summed E-state index contributed by atoms with van der Waals surface area (Å²) in [7, 11) is 3.61. The van der Waals surface area contributed by atoms with E-state index in [4.69, 9.17) is 28.4 Å². The van der Waals surface area contributed by atoms with E-state index in [1.165, 1.54) is 21.3 Å². The van der Waals surface area contributed by atoms with E-state index in [2.05, 4.69) is 0 Å². The van der Waals surface area contributed by atoms with E-state index in [-0.39, 0.29) is 24.4 Å². The van der Waals surface area contributed by atoms with Crippen LogP contribution in [0.4, 0.5) is 0 Å². The Bertz CT molecular complexity index is 900. The molecule has 2 atom stereocenters. The normalized spacial score (nSPS) is 23.9. The molecule has 4 rings (SSSR count). The summed E-state index contributed by atoms with van der Waals surface area (Å²) in [5, 5.41) is 0. The van der Waals surface area contributed by atoms with E-state index < -0.39 is 29.6 Å². The van der Waals surface area contributed by atoms with Gasteiger partial charge in [-0.05, 0) is 23.3 Å². The number of hydrogen-bond donors (Lipinski definition) is 0. The highest BCUT2D eigenvalue weighted by atomic mass is 16.7. The van der Waals surface area contributed by atoms with E-state index in [9.17, 15) is 14.4 Å². The van der Waals surface area contributed by atoms with E-state index >= 15 is 0 Å². The maximum atomic E-state index is 12.6. The highest BCUT2D eigenvalue weighted by Crippen LogP contribution is 2.61. The summed E-state index contributed by atoms with van der Waals surface area (Å²) in [4.78, 5) is 37.2. The average Bonchev–Trinajstić information content (AvgIpc) is 3.35. The molecule has 0 fully saturated rings. The fourth-order valence-electron chi connectivity index (χ4n) is 3.81. The smallest absolute Gasteiger partial charge is 0.337 e. The van der Waals surface area contributed by atoms with Crippen LogP contribution < -0.4 is 9.47 Å². The van der Waals surface area contributed by atoms with Gasteiger partial charge < -0.3 is 28.4 Å². The van der Waals surface area contributed by atoms with Crippen molar-refractivity contribution >= 4 is 17.9 Å². The van der Waals surface area contributed by atoms with Crippen LogP contribution in [-0.2, 0) is 38.9 Å². The van der Waals surface area contributed by atoms with E-state index in [1.807, 2.05) is 0 Å². The second-order valence-corrected chi connectivity index (χ2v) is 6.14. The van der Waals surface area contributed by atoms with Crippen LogP contribution in [0.15, 0.2) is 23.3 Å². The van der Waals surface area contributed by atoms with Crippen LogP contribution in [0.3, 0.4) is 0 Å². The second kappa shape index (κ2) is 5.98. The topological polar surface area (TPSA) is 107 Å². The van der Waals surface area contributed by atoms with Crippen LogP contribution in [0.1, 0.15) is 23.7 Å². The van der Waals surface area contributed by atoms with Crippen LogP contribution in [-0.4, -0.2) is 46.0 Å².